The van der Waals surface area contributed by atoms with Gasteiger partial charge in [0.2, 0.25) is 5.91 Å². The zero-order chi connectivity index (χ0) is 22.0. The van der Waals surface area contributed by atoms with E-state index in [1.165, 1.54) is 24.3 Å². The van der Waals surface area contributed by atoms with Gasteiger partial charge in [-0.15, -0.1) is 0 Å². The molecule has 4 rings (SSSR count). The van der Waals surface area contributed by atoms with Gasteiger partial charge in [-0.1, -0.05) is 19.1 Å². The summed E-state index contributed by atoms with van der Waals surface area (Å²) in [5.74, 6) is -0.105. The molecule has 1 aliphatic rings. The van der Waals surface area contributed by atoms with Gasteiger partial charge in [0.05, 0.1) is 5.52 Å². The van der Waals surface area contributed by atoms with Gasteiger partial charge in [-0.25, -0.2) is 13.2 Å². The van der Waals surface area contributed by atoms with Crippen LogP contribution in [0.5, 0.6) is 0 Å². The summed E-state index contributed by atoms with van der Waals surface area (Å²) in [6.45, 7) is 1.90. The van der Waals surface area contributed by atoms with Gasteiger partial charge >= 0.3 is 0 Å². The molecule has 0 bridgehead atoms. The van der Waals surface area contributed by atoms with Gasteiger partial charge in [-0.2, -0.15) is 0 Å². The molecule has 1 saturated carbocycles. The number of nitrogens with zero attached hydrogens (tertiary/aromatic N) is 1. The number of rotatable bonds is 5. The van der Waals surface area contributed by atoms with Gasteiger partial charge in [-0.05, 0) is 79.5 Å². The second kappa shape index (κ2) is 9.08. The summed E-state index contributed by atoms with van der Waals surface area (Å²) < 4.78 is 39.6. The lowest BCUT2D eigenvalue weighted by molar-refractivity contribution is -0.121. The molecule has 1 heterocycles. The normalized spacial score (nSPS) is 20.0. The first-order valence-electron chi connectivity index (χ1n) is 10.7. The molecule has 1 atom stereocenters. The molecule has 1 N–H and O–H groups in total. The van der Waals surface area contributed by atoms with Crippen molar-refractivity contribution in [1.82, 2.24) is 4.98 Å². The number of alkyl halides is 2. The average Bonchev–Trinajstić information content (AvgIpc) is 2.78. The molecule has 1 fully saturated rings. The van der Waals surface area contributed by atoms with Crippen molar-refractivity contribution in [2.75, 3.05) is 5.32 Å². The molecule has 0 saturated heterocycles. The lowest BCUT2D eigenvalue weighted by Gasteiger charge is -2.32. The minimum absolute atomic E-state index is 0.105. The molecule has 6 heteroatoms. The Hall–Kier alpha value is -2.89. The van der Waals surface area contributed by atoms with Crippen molar-refractivity contribution >= 4 is 22.5 Å². The van der Waals surface area contributed by atoms with Crippen molar-refractivity contribution < 1.29 is 18.0 Å². The van der Waals surface area contributed by atoms with Gasteiger partial charge in [0, 0.05) is 28.8 Å². The molecule has 1 aromatic heterocycles. The van der Waals surface area contributed by atoms with E-state index in [1.807, 2.05) is 13.0 Å². The maximum absolute atomic E-state index is 13.8. The third kappa shape index (κ3) is 4.73. The highest BCUT2D eigenvalue weighted by atomic mass is 19.3. The number of carbonyl (C=O) groups is 1. The first kappa shape index (κ1) is 21.3. The number of nitrogens with one attached hydrogen (secondary N) is 1. The van der Waals surface area contributed by atoms with Crippen LogP contribution in [-0.4, -0.2) is 10.9 Å². The van der Waals surface area contributed by atoms with Crippen LogP contribution < -0.4 is 5.32 Å². The number of halogens is 3. The second-order valence-electron chi connectivity index (χ2n) is 8.38. The van der Waals surface area contributed by atoms with E-state index in [1.54, 1.807) is 24.4 Å². The first-order valence-corrected chi connectivity index (χ1v) is 10.7. The molecule has 3 aromatic rings. The van der Waals surface area contributed by atoms with Crippen molar-refractivity contribution in [3.05, 3.63) is 71.7 Å². The Balaban J connectivity index is 1.40. The molecule has 0 unspecified atom stereocenters. The van der Waals surface area contributed by atoms with Gasteiger partial charge < -0.3 is 5.32 Å². The lowest BCUT2D eigenvalue weighted by atomic mass is 9.73. The minimum atomic E-state index is -2.57. The van der Waals surface area contributed by atoms with Crippen LogP contribution in [0.25, 0.3) is 10.9 Å². The third-order valence-electron chi connectivity index (χ3n) is 6.48. The van der Waals surface area contributed by atoms with E-state index < -0.39 is 6.43 Å². The molecule has 1 aliphatic carbocycles. The number of hydrogen-bond acceptors (Lipinski definition) is 2. The Morgan fingerprint density at radius 1 is 1.06 bits per heavy atom. The van der Waals surface area contributed by atoms with Crippen LogP contribution in [0.4, 0.5) is 18.9 Å². The maximum atomic E-state index is 13.8. The monoisotopic (exact) mass is 426 g/mol. The largest absolute Gasteiger partial charge is 0.326 e. The zero-order valence-electron chi connectivity index (χ0n) is 17.3. The highest BCUT2D eigenvalue weighted by Gasteiger charge is 2.30. The molecule has 31 heavy (non-hydrogen) atoms. The van der Waals surface area contributed by atoms with E-state index in [-0.39, 0.29) is 29.1 Å². The highest BCUT2D eigenvalue weighted by Crippen LogP contribution is 2.41. The van der Waals surface area contributed by atoms with E-state index in [2.05, 4.69) is 10.3 Å². The number of aromatic nitrogens is 1. The van der Waals surface area contributed by atoms with Crippen LogP contribution in [0.15, 0.2) is 54.7 Å². The molecule has 2 aromatic carbocycles. The zero-order valence-corrected chi connectivity index (χ0v) is 17.3. The Kier molecular flexibility index (Phi) is 6.25. The predicted octanol–water partition coefficient (Wildman–Crippen LogP) is 6.86. The van der Waals surface area contributed by atoms with E-state index in [4.69, 9.17) is 0 Å². The fourth-order valence-corrected chi connectivity index (χ4v) is 4.65. The SMILES string of the molecule is C[C@@H](C(=O)Nc1cccc(C(F)F)c1)C1CCC(c2ccnc3ccc(F)cc23)CC1. The van der Waals surface area contributed by atoms with Gasteiger partial charge in [0.25, 0.3) is 6.43 Å². The molecule has 3 nitrogen and oxygen atoms in total. The van der Waals surface area contributed by atoms with E-state index in [0.29, 0.717) is 11.6 Å². The summed E-state index contributed by atoms with van der Waals surface area (Å²) in [5.41, 5.74) is 2.20. The number of hydrogen-bond donors (Lipinski definition) is 1. The van der Waals surface area contributed by atoms with Crippen LogP contribution in [0.3, 0.4) is 0 Å². The van der Waals surface area contributed by atoms with Crippen molar-refractivity contribution in [1.29, 1.82) is 0 Å². The first-order chi connectivity index (χ1) is 14.9. The smallest absolute Gasteiger partial charge is 0.263 e. The summed E-state index contributed by atoms with van der Waals surface area (Å²) in [6, 6.07) is 12.5. The lowest BCUT2D eigenvalue weighted by Crippen LogP contribution is -2.29. The summed E-state index contributed by atoms with van der Waals surface area (Å²) in [5, 5.41) is 3.64. The highest BCUT2D eigenvalue weighted by molar-refractivity contribution is 5.92. The van der Waals surface area contributed by atoms with E-state index in [0.717, 1.165) is 42.1 Å². The van der Waals surface area contributed by atoms with Crippen molar-refractivity contribution in [2.45, 2.75) is 45.0 Å². The van der Waals surface area contributed by atoms with Crippen LogP contribution >= 0.6 is 0 Å². The Morgan fingerprint density at radius 2 is 1.84 bits per heavy atom. The molecule has 0 radical (unpaired) electrons. The Morgan fingerprint density at radius 3 is 2.58 bits per heavy atom. The Labute approximate surface area is 179 Å². The van der Waals surface area contributed by atoms with E-state index >= 15 is 0 Å². The van der Waals surface area contributed by atoms with Crippen molar-refractivity contribution in [3.63, 3.8) is 0 Å². The Bertz CT molecular complexity index is 1080. The third-order valence-corrected chi connectivity index (χ3v) is 6.48. The molecule has 0 aliphatic heterocycles. The van der Waals surface area contributed by atoms with Gasteiger partial charge in [0.15, 0.2) is 0 Å². The number of anilines is 1. The minimum Gasteiger partial charge on any atom is -0.326 e. The predicted molar refractivity (Wildman–Crippen MR) is 116 cm³/mol. The number of amides is 1. The van der Waals surface area contributed by atoms with E-state index in [9.17, 15) is 18.0 Å². The number of pyridine rings is 1. The van der Waals surface area contributed by atoms with Crippen LogP contribution in [0.2, 0.25) is 0 Å². The molecule has 162 valence electrons. The van der Waals surface area contributed by atoms with Gasteiger partial charge in [0.1, 0.15) is 5.82 Å². The standard InChI is InChI=1S/C25H25F3N2O/c1-15(25(31)30-20-4-2-3-18(13-20)24(27)28)16-5-7-17(8-6-16)21-11-12-29-23-10-9-19(26)14-22(21)23/h2-4,9-17,24H,5-8H2,1H3,(H,30,31)/t15-,16?,17?/m1/s1. The fraction of sp³-hybridized carbons (Fsp3) is 0.360. The molecule has 1 amide bonds. The summed E-state index contributed by atoms with van der Waals surface area (Å²) >= 11 is 0. The number of benzene rings is 2. The number of carbonyl (C=O) groups excluding carboxylic acids is 1. The second-order valence-corrected chi connectivity index (χ2v) is 8.38. The molecule has 0 spiro atoms. The quantitative estimate of drug-likeness (QED) is 0.484. The van der Waals surface area contributed by atoms with Crippen molar-refractivity contribution in [2.24, 2.45) is 11.8 Å². The van der Waals surface area contributed by atoms with Crippen LogP contribution in [0, 0.1) is 17.7 Å². The summed E-state index contributed by atoms with van der Waals surface area (Å²) in [6.07, 6.45) is 2.80. The summed E-state index contributed by atoms with van der Waals surface area (Å²) in [4.78, 5) is 17.0. The summed E-state index contributed by atoms with van der Waals surface area (Å²) in [7, 11) is 0. The average molecular weight is 426 g/mol. The maximum Gasteiger partial charge on any atom is 0.263 e. The van der Waals surface area contributed by atoms with Crippen LogP contribution in [-0.2, 0) is 4.79 Å². The molecular weight excluding hydrogens is 401 g/mol. The van der Waals surface area contributed by atoms with Gasteiger partial charge in [-0.3, -0.25) is 9.78 Å². The number of fused-ring (bicyclic) bond motifs is 1. The fourth-order valence-electron chi connectivity index (χ4n) is 4.65. The molecular formula is C25H25F3N2O. The van der Waals surface area contributed by atoms with Crippen molar-refractivity contribution in [3.8, 4) is 0 Å². The van der Waals surface area contributed by atoms with Crippen LogP contribution in [0.1, 0.15) is 56.1 Å². The topological polar surface area (TPSA) is 42.0 Å².